The molecule has 0 unspecified atom stereocenters. The first-order valence-corrected chi connectivity index (χ1v) is 5.95. The van der Waals surface area contributed by atoms with Crippen LogP contribution in [0.2, 0.25) is 10.0 Å². The highest BCUT2D eigenvalue weighted by Crippen LogP contribution is 2.24. The third-order valence-corrected chi connectivity index (χ3v) is 2.53. The van der Waals surface area contributed by atoms with Crippen molar-refractivity contribution in [2.75, 3.05) is 5.43 Å². The van der Waals surface area contributed by atoms with Gasteiger partial charge in [-0.15, -0.1) is 0 Å². The van der Waals surface area contributed by atoms with Crippen LogP contribution in [-0.4, -0.2) is 29.3 Å². The minimum absolute atomic E-state index is 0.111. The van der Waals surface area contributed by atoms with Crippen LogP contribution in [0.4, 0.5) is 5.69 Å². The molecule has 0 saturated carbocycles. The molecule has 106 valence electrons. The van der Waals surface area contributed by atoms with Gasteiger partial charge in [-0.1, -0.05) is 33.5 Å². The molecule has 0 amide bonds. The standard InChI is InChI=1S/C11H10Cl2N4O3/c1-7(18)20-15-6-9(5-14-19)17-16-8-2-3-10(12)11(13)4-8/h2-6,16,19H,1H3/b14-5+,15-6+,17-9+. The van der Waals surface area contributed by atoms with Crippen molar-refractivity contribution >= 4 is 53.0 Å². The first-order chi connectivity index (χ1) is 9.52. The van der Waals surface area contributed by atoms with E-state index in [1.54, 1.807) is 18.2 Å². The Morgan fingerprint density at radius 1 is 1.35 bits per heavy atom. The second kappa shape index (κ2) is 8.13. The molecule has 0 heterocycles. The number of anilines is 1. The van der Waals surface area contributed by atoms with Gasteiger partial charge in [-0.05, 0) is 18.2 Å². The maximum absolute atomic E-state index is 10.5. The Bertz CT molecular complexity index is 573. The van der Waals surface area contributed by atoms with Crippen LogP contribution in [0, 0.1) is 0 Å². The molecule has 0 aliphatic rings. The molecule has 9 heteroatoms. The Kier molecular flexibility index (Phi) is 6.48. The smallest absolute Gasteiger partial charge is 0.331 e. The summed E-state index contributed by atoms with van der Waals surface area (Å²) in [7, 11) is 0. The summed E-state index contributed by atoms with van der Waals surface area (Å²) in [5, 5.41) is 19.3. The van der Waals surface area contributed by atoms with Crippen molar-refractivity contribution in [1.29, 1.82) is 0 Å². The zero-order valence-corrected chi connectivity index (χ0v) is 11.8. The molecule has 0 saturated heterocycles. The van der Waals surface area contributed by atoms with Gasteiger partial charge >= 0.3 is 5.97 Å². The van der Waals surface area contributed by atoms with Crippen molar-refractivity contribution < 1.29 is 14.8 Å². The molecule has 20 heavy (non-hydrogen) atoms. The van der Waals surface area contributed by atoms with Gasteiger partial charge in [0.25, 0.3) is 0 Å². The van der Waals surface area contributed by atoms with Gasteiger partial charge < -0.3 is 10.0 Å². The lowest BCUT2D eigenvalue weighted by Crippen LogP contribution is -2.07. The fraction of sp³-hybridized carbons (Fsp3) is 0.0909. The fourth-order valence-corrected chi connectivity index (χ4v) is 1.30. The number of oxime groups is 2. The summed E-state index contributed by atoms with van der Waals surface area (Å²) >= 11 is 11.6. The second-order valence-electron chi connectivity index (χ2n) is 3.34. The van der Waals surface area contributed by atoms with Crippen LogP contribution >= 0.6 is 23.2 Å². The zero-order chi connectivity index (χ0) is 15.0. The molecule has 0 bridgehead atoms. The van der Waals surface area contributed by atoms with E-state index in [2.05, 4.69) is 25.7 Å². The van der Waals surface area contributed by atoms with Gasteiger partial charge in [0.15, 0.2) is 0 Å². The highest BCUT2D eigenvalue weighted by atomic mass is 35.5. The summed E-state index contributed by atoms with van der Waals surface area (Å²) in [6, 6.07) is 4.80. The van der Waals surface area contributed by atoms with Crippen molar-refractivity contribution in [2.45, 2.75) is 6.92 Å². The molecule has 1 aromatic carbocycles. The summed E-state index contributed by atoms with van der Waals surface area (Å²) in [6.07, 6.45) is 2.09. The van der Waals surface area contributed by atoms with E-state index in [0.29, 0.717) is 15.7 Å². The molecular formula is C11H10Cl2N4O3. The number of hydrazone groups is 1. The Morgan fingerprint density at radius 2 is 2.10 bits per heavy atom. The third-order valence-electron chi connectivity index (χ3n) is 1.79. The number of nitrogens with one attached hydrogen (secondary N) is 1. The number of rotatable bonds is 5. The quantitative estimate of drug-likeness (QED) is 0.378. The van der Waals surface area contributed by atoms with Crippen molar-refractivity contribution in [3.63, 3.8) is 0 Å². The molecule has 0 fully saturated rings. The number of nitrogens with zero attached hydrogens (tertiary/aromatic N) is 3. The molecule has 2 N–H and O–H groups in total. The fourth-order valence-electron chi connectivity index (χ4n) is 1.000. The normalized spacial score (nSPS) is 12.1. The molecule has 0 spiro atoms. The van der Waals surface area contributed by atoms with E-state index in [4.69, 9.17) is 28.4 Å². The highest BCUT2D eigenvalue weighted by Gasteiger charge is 1.99. The summed E-state index contributed by atoms with van der Waals surface area (Å²) in [5.41, 5.74) is 3.32. The lowest BCUT2D eigenvalue weighted by atomic mass is 10.3. The van der Waals surface area contributed by atoms with Crippen LogP contribution in [-0.2, 0) is 9.63 Å². The van der Waals surface area contributed by atoms with Gasteiger partial charge in [0.1, 0.15) is 5.71 Å². The van der Waals surface area contributed by atoms with Gasteiger partial charge in [-0.3, -0.25) is 5.43 Å². The van der Waals surface area contributed by atoms with E-state index in [0.717, 1.165) is 12.4 Å². The summed E-state index contributed by atoms with van der Waals surface area (Å²) in [5.74, 6) is -0.584. The largest absolute Gasteiger partial charge is 0.411 e. The van der Waals surface area contributed by atoms with Crippen molar-refractivity contribution in [3.05, 3.63) is 28.2 Å². The van der Waals surface area contributed by atoms with E-state index in [1.165, 1.54) is 6.92 Å². The molecule has 0 aromatic heterocycles. The molecule has 0 aliphatic carbocycles. The zero-order valence-electron chi connectivity index (χ0n) is 10.2. The van der Waals surface area contributed by atoms with E-state index in [-0.39, 0.29) is 5.71 Å². The highest BCUT2D eigenvalue weighted by molar-refractivity contribution is 6.55. The van der Waals surface area contributed by atoms with E-state index >= 15 is 0 Å². The van der Waals surface area contributed by atoms with Crippen molar-refractivity contribution in [2.24, 2.45) is 15.4 Å². The monoisotopic (exact) mass is 316 g/mol. The second-order valence-corrected chi connectivity index (χ2v) is 4.15. The van der Waals surface area contributed by atoms with Crippen LogP contribution in [0.3, 0.4) is 0 Å². The van der Waals surface area contributed by atoms with Gasteiger partial charge in [0.2, 0.25) is 0 Å². The van der Waals surface area contributed by atoms with Gasteiger partial charge in [-0.25, -0.2) is 4.79 Å². The first-order valence-electron chi connectivity index (χ1n) is 5.20. The summed E-state index contributed by atoms with van der Waals surface area (Å²) in [4.78, 5) is 14.9. The Balaban J connectivity index is 2.78. The van der Waals surface area contributed by atoms with Crippen LogP contribution < -0.4 is 5.43 Å². The lowest BCUT2D eigenvalue weighted by molar-refractivity contribution is -0.140. The number of carbonyl (C=O) groups excluding carboxylic acids is 1. The predicted octanol–water partition coefficient (Wildman–Crippen LogP) is 2.77. The average Bonchev–Trinajstić information content (AvgIpc) is 2.39. The summed E-state index contributed by atoms with van der Waals surface area (Å²) < 4.78 is 0. The van der Waals surface area contributed by atoms with Crippen LogP contribution in [0.1, 0.15) is 6.92 Å². The van der Waals surface area contributed by atoms with E-state index < -0.39 is 5.97 Å². The molecule has 1 aromatic rings. The SMILES string of the molecule is CC(=O)O/N=C/C(/C=N/O)=N/Nc1ccc(Cl)c(Cl)c1. The summed E-state index contributed by atoms with van der Waals surface area (Å²) in [6.45, 7) is 1.20. The lowest BCUT2D eigenvalue weighted by Gasteiger charge is -2.02. The predicted molar refractivity (Wildman–Crippen MR) is 78.1 cm³/mol. The number of benzene rings is 1. The molecule has 7 nitrogen and oxygen atoms in total. The molecule has 0 atom stereocenters. The number of carbonyl (C=O) groups is 1. The maximum Gasteiger partial charge on any atom is 0.331 e. The van der Waals surface area contributed by atoms with Gasteiger partial charge in [-0.2, -0.15) is 5.10 Å². The number of hydrogen-bond donors (Lipinski definition) is 2. The number of halogens is 2. The minimum Gasteiger partial charge on any atom is -0.411 e. The Morgan fingerprint density at radius 3 is 2.70 bits per heavy atom. The minimum atomic E-state index is -0.584. The molecule has 0 radical (unpaired) electrons. The molecule has 1 rings (SSSR count). The Hall–Kier alpha value is -2.12. The van der Waals surface area contributed by atoms with Gasteiger partial charge in [0, 0.05) is 6.92 Å². The molecule has 0 aliphatic heterocycles. The maximum atomic E-state index is 10.5. The average molecular weight is 317 g/mol. The third kappa shape index (κ3) is 5.68. The first kappa shape index (κ1) is 15.9. The van der Waals surface area contributed by atoms with Gasteiger partial charge in [0.05, 0.1) is 28.2 Å². The van der Waals surface area contributed by atoms with Crippen molar-refractivity contribution in [1.82, 2.24) is 0 Å². The van der Waals surface area contributed by atoms with Crippen molar-refractivity contribution in [3.8, 4) is 0 Å². The van der Waals surface area contributed by atoms with E-state index in [1.807, 2.05) is 0 Å². The van der Waals surface area contributed by atoms with Crippen LogP contribution in [0.15, 0.2) is 33.6 Å². The van der Waals surface area contributed by atoms with E-state index in [9.17, 15) is 4.79 Å². The molecular weight excluding hydrogens is 307 g/mol. The van der Waals surface area contributed by atoms with Crippen LogP contribution in [0.5, 0.6) is 0 Å². The Labute approximate surface area is 124 Å². The topological polar surface area (TPSA) is 95.6 Å². The van der Waals surface area contributed by atoms with Crippen LogP contribution in [0.25, 0.3) is 0 Å². The number of hydrogen-bond acceptors (Lipinski definition) is 7.